The van der Waals surface area contributed by atoms with Crippen LogP contribution in [0.3, 0.4) is 0 Å². The fourth-order valence-electron chi connectivity index (χ4n) is 3.40. The lowest BCUT2D eigenvalue weighted by Gasteiger charge is -2.42. The number of aromatic nitrogens is 3. The minimum atomic E-state index is 0.643. The summed E-state index contributed by atoms with van der Waals surface area (Å²) in [5, 5.41) is 1.08. The maximum Gasteiger partial charge on any atom is 0.142 e. The Bertz CT molecular complexity index is 773. The number of hydrogen-bond acceptors (Lipinski definition) is 4. The van der Waals surface area contributed by atoms with E-state index in [-0.39, 0.29) is 0 Å². The van der Waals surface area contributed by atoms with Crippen LogP contribution < -0.4 is 4.90 Å². The van der Waals surface area contributed by atoms with Gasteiger partial charge in [-0.2, -0.15) is 0 Å². The highest BCUT2D eigenvalue weighted by Crippen LogP contribution is 2.25. The summed E-state index contributed by atoms with van der Waals surface area (Å²) < 4.78 is 0. The quantitative estimate of drug-likeness (QED) is 0.749. The molecule has 1 N–H and O–H groups in total. The zero-order valence-electron chi connectivity index (χ0n) is 15.2. The van der Waals surface area contributed by atoms with Crippen molar-refractivity contribution in [2.75, 3.05) is 31.6 Å². The molecule has 0 aromatic carbocycles. The minimum Gasteiger partial charge on any atom is -0.359 e. The molecular weight excluding hydrogens is 310 g/mol. The van der Waals surface area contributed by atoms with Gasteiger partial charge in [0.25, 0.3) is 0 Å². The molecule has 0 bridgehead atoms. The lowest BCUT2D eigenvalue weighted by molar-refractivity contribution is 0.0984. The molecule has 2 aromatic rings. The van der Waals surface area contributed by atoms with E-state index < -0.39 is 0 Å². The fourth-order valence-corrected chi connectivity index (χ4v) is 3.40. The Balaban J connectivity index is 1.57. The SMILES string of the molecule is C=C/C=C(\C=C/C)CN1CC[C@H]1CCN(C)c1ncnc2[nH]ccc12. The molecule has 132 valence electrons. The van der Waals surface area contributed by atoms with Crippen molar-refractivity contribution in [3.63, 3.8) is 0 Å². The van der Waals surface area contributed by atoms with Crippen LogP contribution in [0.15, 0.2) is 55.0 Å². The predicted octanol–water partition coefficient (Wildman–Crippen LogP) is 3.55. The average Bonchev–Trinajstić information content (AvgIpc) is 3.07. The molecule has 0 amide bonds. The maximum atomic E-state index is 4.47. The lowest BCUT2D eigenvalue weighted by atomic mass is 9.98. The van der Waals surface area contributed by atoms with Crippen molar-refractivity contribution in [2.45, 2.75) is 25.8 Å². The molecule has 3 heterocycles. The Hall–Kier alpha value is -2.40. The molecule has 0 aliphatic carbocycles. The van der Waals surface area contributed by atoms with E-state index >= 15 is 0 Å². The number of hydrogen-bond donors (Lipinski definition) is 1. The van der Waals surface area contributed by atoms with Gasteiger partial charge in [-0.1, -0.05) is 30.9 Å². The summed E-state index contributed by atoms with van der Waals surface area (Å²) in [6.45, 7) is 9.04. The smallest absolute Gasteiger partial charge is 0.142 e. The first kappa shape index (κ1) is 17.4. The molecule has 0 radical (unpaired) electrons. The zero-order valence-corrected chi connectivity index (χ0v) is 15.2. The van der Waals surface area contributed by atoms with Gasteiger partial charge in [0.2, 0.25) is 0 Å². The van der Waals surface area contributed by atoms with E-state index in [0.717, 1.165) is 36.4 Å². The number of likely N-dealkylation sites (tertiary alicyclic amines) is 1. The largest absolute Gasteiger partial charge is 0.359 e. The Morgan fingerprint density at radius 3 is 3.08 bits per heavy atom. The first-order chi connectivity index (χ1) is 12.2. The fraction of sp³-hybridized carbons (Fsp3) is 0.400. The molecule has 0 unspecified atom stereocenters. The highest BCUT2D eigenvalue weighted by Gasteiger charge is 2.28. The standard InChI is InChI=1S/C20H27N5/c1-4-6-16(7-5-2)14-25-13-10-17(25)9-12-24(3)20-18-8-11-21-19(18)22-15-23-20/h4-8,11,15,17H,1,9-10,12-14H2,2-3H3,(H,21,22,23)/b7-5-,16-6+/t17-/m1/s1. The molecular formula is C20H27N5. The molecule has 25 heavy (non-hydrogen) atoms. The van der Waals surface area contributed by atoms with Gasteiger partial charge in [-0.15, -0.1) is 0 Å². The van der Waals surface area contributed by atoms with Gasteiger partial charge in [-0.05, 0) is 31.4 Å². The van der Waals surface area contributed by atoms with Crippen molar-refractivity contribution >= 4 is 16.9 Å². The Morgan fingerprint density at radius 2 is 2.36 bits per heavy atom. The highest BCUT2D eigenvalue weighted by molar-refractivity contribution is 5.87. The van der Waals surface area contributed by atoms with E-state index in [0.29, 0.717) is 6.04 Å². The molecule has 5 heteroatoms. The van der Waals surface area contributed by atoms with Crippen LogP contribution in [-0.4, -0.2) is 52.6 Å². The first-order valence-corrected chi connectivity index (χ1v) is 8.90. The minimum absolute atomic E-state index is 0.643. The lowest BCUT2D eigenvalue weighted by Crippen LogP contribution is -2.49. The van der Waals surface area contributed by atoms with Gasteiger partial charge in [-0.25, -0.2) is 9.97 Å². The number of fused-ring (bicyclic) bond motifs is 1. The van der Waals surface area contributed by atoms with Crippen molar-refractivity contribution in [3.05, 3.63) is 55.0 Å². The van der Waals surface area contributed by atoms with E-state index in [1.807, 2.05) is 18.3 Å². The van der Waals surface area contributed by atoms with Crippen LogP contribution in [0.4, 0.5) is 5.82 Å². The van der Waals surface area contributed by atoms with Gasteiger partial charge >= 0.3 is 0 Å². The summed E-state index contributed by atoms with van der Waals surface area (Å²) in [6, 6.07) is 2.68. The summed E-state index contributed by atoms with van der Waals surface area (Å²) >= 11 is 0. The third-order valence-electron chi connectivity index (χ3n) is 4.86. The topological polar surface area (TPSA) is 48.1 Å². The van der Waals surface area contributed by atoms with Crippen LogP contribution in [0.2, 0.25) is 0 Å². The van der Waals surface area contributed by atoms with Crippen molar-refractivity contribution in [1.29, 1.82) is 0 Å². The number of H-pyrrole nitrogens is 1. The molecule has 0 spiro atoms. The molecule has 1 fully saturated rings. The molecule has 5 nitrogen and oxygen atoms in total. The maximum absolute atomic E-state index is 4.47. The second kappa shape index (κ2) is 8.12. The summed E-state index contributed by atoms with van der Waals surface area (Å²) in [5.74, 6) is 0.998. The monoisotopic (exact) mass is 337 g/mol. The number of anilines is 1. The summed E-state index contributed by atoms with van der Waals surface area (Å²) in [4.78, 5) is 16.7. The van der Waals surface area contributed by atoms with E-state index in [4.69, 9.17) is 0 Å². The number of aromatic amines is 1. The Labute approximate surface area is 149 Å². The van der Waals surface area contributed by atoms with Crippen molar-refractivity contribution < 1.29 is 0 Å². The van der Waals surface area contributed by atoms with Crippen molar-refractivity contribution in [2.24, 2.45) is 0 Å². The van der Waals surface area contributed by atoms with Gasteiger partial charge in [0.05, 0.1) is 5.39 Å². The van der Waals surface area contributed by atoms with Gasteiger partial charge in [-0.3, -0.25) is 4.90 Å². The summed E-state index contributed by atoms with van der Waals surface area (Å²) in [5.41, 5.74) is 2.22. The van der Waals surface area contributed by atoms with Crippen LogP contribution in [0.5, 0.6) is 0 Å². The Morgan fingerprint density at radius 1 is 1.48 bits per heavy atom. The normalized spacial score (nSPS) is 18.6. The van der Waals surface area contributed by atoms with E-state index in [1.54, 1.807) is 6.33 Å². The molecule has 0 saturated carbocycles. The van der Waals surface area contributed by atoms with Gasteiger partial charge in [0, 0.05) is 38.9 Å². The highest BCUT2D eigenvalue weighted by atomic mass is 15.2. The second-order valence-corrected chi connectivity index (χ2v) is 6.54. The summed E-state index contributed by atoms with van der Waals surface area (Å²) in [7, 11) is 2.11. The van der Waals surface area contributed by atoms with Gasteiger partial charge in [0.1, 0.15) is 17.8 Å². The van der Waals surface area contributed by atoms with Gasteiger partial charge in [0.15, 0.2) is 0 Å². The number of rotatable bonds is 8. The van der Waals surface area contributed by atoms with E-state index in [2.05, 4.69) is 63.5 Å². The van der Waals surface area contributed by atoms with Crippen LogP contribution in [0.1, 0.15) is 19.8 Å². The first-order valence-electron chi connectivity index (χ1n) is 8.90. The number of allylic oxidation sites excluding steroid dienone is 3. The van der Waals surface area contributed by atoms with Crippen LogP contribution in [-0.2, 0) is 0 Å². The number of nitrogens with one attached hydrogen (secondary N) is 1. The van der Waals surface area contributed by atoms with E-state index in [9.17, 15) is 0 Å². The molecule has 1 saturated heterocycles. The zero-order chi connectivity index (χ0) is 17.6. The number of nitrogens with zero attached hydrogens (tertiary/aromatic N) is 4. The van der Waals surface area contributed by atoms with E-state index in [1.165, 1.54) is 18.5 Å². The average molecular weight is 337 g/mol. The third-order valence-corrected chi connectivity index (χ3v) is 4.86. The Kier molecular flexibility index (Phi) is 5.66. The summed E-state index contributed by atoms with van der Waals surface area (Å²) in [6.07, 6.45) is 14.2. The van der Waals surface area contributed by atoms with Crippen molar-refractivity contribution in [1.82, 2.24) is 19.9 Å². The molecule has 2 aromatic heterocycles. The van der Waals surface area contributed by atoms with Gasteiger partial charge < -0.3 is 9.88 Å². The van der Waals surface area contributed by atoms with Crippen LogP contribution >= 0.6 is 0 Å². The predicted molar refractivity (Wildman–Crippen MR) is 105 cm³/mol. The molecule has 1 aliphatic rings. The van der Waals surface area contributed by atoms with Crippen LogP contribution in [0, 0.1) is 0 Å². The van der Waals surface area contributed by atoms with Crippen molar-refractivity contribution in [3.8, 4) is 0 Å². The molecule has 3 rings (SSSR count). The molecule has 1 atom stereocenters. The molecule has 1 aliphatic heterocycles. The van der Waals surface area contributed by atoms with Crippen LogP contribution in [0.25, 0.3) is 11.0 Å². The second-order valence-electron chi connectivity index (χ2n) is 6.54. The third kappa shape index (κ3) is 3.99.